The summed E-state index contributed by atoms with van der Waals surface area (Å²) >= 11 is 6.13. The number of amides is 1. The van der Waals surface area contributed by atoms with Gasteiger partial charge in [0.25, 0.3) is 0 Å². The molecule has 0 spiro atoms. The molecule has 6 heteroatoms. The monoisotopic (exact) mass is 335 g/mol. The maximum absolute atomic E-state index is 12.6. The molecule has 0 unspecified atom stereocenters. The molecule has 1 atom stereocenters. The van der Waals surface area contributed by atoms with Gasteiger partial charge in [-0.3, -0.25) is 9.89 Å². The minimum absolute atomic E-state index is 0.0266. The average molecular weight is 336 g/mol. The Balaban J connectivity index is 2.12. The molecular formula is C17H22ClN3O2. The highest BCUT2D eigenvalue weighted by Crippen LogP contribution is 2.30. The van der Waals surface area contributed by atoms with Crippen LogP contribution in [0.1, 0.15) is 36.2 Å². The third-order valence-electron chi connectivity index (χ3n) is 4.06. The second-order valence-corrected chi connectivity index (χ2v) is 6.13. The van der Waals surface area contributed by atoms with Crippen molar-refractivity contribution in [1.82, 2.24) is 10.2 Å². The molecule has 1 N–H and O–H groups in total. The van der Waals surface area contributed by atoms with Crippen LogP contribution in [-0.4, -0.2) is 30.3 Å². The molecule has 0 aliphatic rings. The van der Waals surface area contributed by atoms with Gasteiger partial charge in [0, 0.05) is 24.8 Å². The fourth-order valence-electron chi connectivity index (χ4n) is 2.79. The standard InChI is InChI=1S/C17H22ClN3O2/c1-10(17-11(2)19-20-12(17)3)8-16(22)21(4)13-6-7-15(23-5)14(18)9-13/h6-7,9-10H,8H2,1-5H3,(H,19,20)/t10-/m1/s1. The number of nitrogens with one attached hydrogen (secondary N) is 1. The van der Waals surface area contributed by atoms with E-state index in [2.05, 4.69) is 10.2 Å². The van der Waals surface area contributed by atoms with Crippen LogP contribution >= 0.6 is 11.6 Å². The van der Waals surface area contributed by atoms with E-state index in [0.717, 1.165) is 22.6 Å². The first kappa shape index (κ1) is 17.3. The Labute approximate surface area is 141 Å². The number of carbonyl (C=O) groups is 1. The minimum atomic E-state index is 0.0266. The summed E-state index contributed by atoms with van der Waals surface area (Å²) < 4.78 is 5.13. The molecule has 124 valence electrons. The summed E-state index contributed by atoms with van der Waals surface area (Å²) in [7, 11) is 3.31. The lowest BCUT2D eigenvalue weighted by Gasteiger charge is -2.21. The van der Waals surface area contributed by atoms with Gasteiger partial charge < -0.3 is 9.64 Å². The topological polar surface area (TPSA) is 58.2 Å². The van der Waals surface area contributed by atoms with Crippen molar-refractivity contribution in [2.75, 3.05) is 19.1 Å². The highest BCUT2D eigenvalue weighted by atomic mass is 35.5. The van der Waals surface area contributed by atoms with Gasteiger partial charge in [-0.15, -0.1) is 0 Å². The number of aromatic nitrogens is 2. The SMILES string of the molecule is COc1ccc(N(C)C(=O)C[C@@H](C)c2c(C)n[nH]c2C)cc1Cl. The number of aromatic amines is 1. The van der Waals surface area contributed by atoms with Crippen molar-refractivity contribution in [2.45, 2.75) is 33.1 Å². The number of hydrogen-bond donors (Lipinski definition) is 1. The Morgan fingerprint density at radius 2 is 2.13 bits per heavy atom. The van der Waals surface area contributed by atoms with E-state index in [-0.39, 0.29) is 11.8 Å². The summed E-state index contributed by atoms with van der Waals surface area (Å²) in [6, 6.07) is 5.31. The van der Waals surface area contributed by atoms with E-state index in [1.54, 1.807) is 31.2 Å². The molecule has 0 aliphatic heterocycles. The van der Waals surface area contributed by atoms with Gasteiger partial charge in [-0.25, -0.2) is 0 Å². The molecule has 23 heavy (non-hydrogen) atoms. The smallest absolute Gasteiger partial charge is 0.227 e. The van der Waals surface area contributed by atoms with Crippen LogP contribution in [0.5, 0.6) is 5.75 Å². The summed E-state index contributed by atoms with van der Waals surface area (Å²) in [5.74, 6) is 0.713. The molecule has 0 fully saturated rings. The first-order valence-corrected chi connectivity index (χ1v) is 7.84. The van der Waals surface area contributed by atoms with Crippen LogP contribution in [-0.2, 0) is 4.79 Å². The highest BCUT2D eigenvalue weighted by Gasteiger charge is 2.20. The zero-order chi connectivity index (χ0) is 17.1. The van der Waals surface area contributed by atoms with Crippen molar-refractivity contribution in [3.05, 3.63) is 40.2 Å². The molecule has 2 rings (SSSR count). The Bertz CT molecular complexity index is 692. The first-order chi connectivity index (χ1) is 10.8. The van der Waals surface area contributed by atoms with Crippen molar-refractivity contribution in [3.8, 4) is 5.75 Å². The lowest BCUT2D eigenvalue weighted by molar-refractivity contribution is -0.118. The highest BCUT2D eigenvalue weighted by molar-refractivity contribution is 6.32. The summed E-state index contributed by atoms with van der Waals surface area (Å²) in [4.78, 5) is 14.2. The van der Waals surface area contributed by atoms with E-state index in [1.807, 2.05) is 26.8 Å². The second kappa shape index (κ2) is 7.04. The second-order valence-electron chi connectivity index (χ2n) is 5.72. The fraction of sp³-hybridized carbons (Fsp3) is 0.412. The number of halogens is 1. The normalized spacial score (nSPS) is 12.1. The fourth-order valence-corrected chi connectivity index (χ4v) is 3.05. The van der Waals surface area contributed by atoms with Gasteiger partial charge >= 0.3 is 0 Å². The quantitative estimate of drug-likeness (QED) is 0.903. The van der Waals surface area contributed by atoms with Crippen LogP contribution in [0.3, 0.4) is 0 Å². The molecule has 1 aromatic heterocycles. The number of rotatable bonds is 5. The summed E-state index contributed by atoms with van der Waals surface area (Å²) in [5.41, 5.74) is 3.81. The van der Waals surface area contributed by atoms with E-state index in [1.165, 1.54) is 0 Å². The molecule has 1 aromatic carbocycles. The van der Waals surface area contributed by atoms with Gasteiger partial charge in [-0.05, 0) is 43.5 Å². The maximum Gasteiger partial charge on any atom is 0.227 e. The van der Waals surface area contributed by atoms with Crippen LogP contribution in [0.2, 0.25) is 5.02 Å². The lowest BCUT2D eigenvalue weighted by atomic mass is 9.95. The molecule has 1 amide bonds. The Morgan fingerprint density at radius 3 is 2.65 bits per heavy atom. The molecule has 5 nitrogen and oxygen atoms in total. The van der Waals surface area contributed by atoms with Crippen molar-refractivity contribution >= 4 is 23.2 Å². The van der Waals surface area contributed by atoms with Crippen LogP contribution < -0.4 is 9.64 Å². The van der Waals surface area contributed by atoms with Crippen molar-refractivity contribution in [2.24, 2.45) is 0 Å². The number of aryl methyl sites for hydroxylation is 2. The number of benzene rings is 1. The number of methoxy groups -OCH3 is 1. The van der Waals surface area contributed by atoms with E-state index in [0.29, 0.717) is 17.2 Å². The molecular weight excluding hydrogens is 314 g/mol. The Hall–Kier alpha value is -2.01. The number of anilines is 1. The number of hydrogen-bond acceptors (Lipinski definition) is 3. The van der Waals surface area contributed by atoms with Gasteiger partial charge in [-0.1, -0.05) is 18.5 Å². The van der Waals surface area contributed by atoms with E-state index in [9.17, 15) is 4.79 Å². The first-order valence-electron chi connectivity index (χ1n) is 7.46. The molecule has 2 aromatic rings. The van der Waals surface area contributed by atoms with Gasteiger partial charge in [0.2, 0.25) is 5.91 Å². The van der Waals surface area contributed by atoms with Gasteiger partial charge in [0.1, 0.15) is 5.75 Å². The zero-order valence-electron chi connectivity index (χ0n) is 14.1. The van der Waals surface area contributed by atoms with Crippen molar-refractivity contribution in [1.29, 1.82) is 0 Å². The van der Waals surface area contributed by atoms with E-state index in [4.69, 9.17) is 16.3 Å². The van der Waals surface area contributed by atoms with Crippen LogP contribution in [0.4, 0.5) is 5.69 Å². The number of nitrogens with zero attached hydrogens (tertiary/aromatic N) is 2. The van der Waals surface area contributed by atoms with Crippen LogP contribution in [0.15, 0.2) is 18.2 Å². The van der Waals surface area contributed by atoms with Crippen molar-refractivity contribution in [3.63, 3.8) is 0 Å². The van der Waals surface area contributed by atoms with Gasteiger partial charge in [-0.2, -0.15) is 5.10 Å². The summed E-state index contributed by atoms with van der Waals surface area (Å²) in [5, 5.41) is 7.65. The molecule has 0 saturated carbocycles. The molecule has 0 saturated heterocycles. The third kappa shape index (κ3) is 3.67. The molecule has 0 aliphatic carbocycles. The predicted octanol–water partition coefficient (Wildman–Crippen LogP) is 3.85. The van der Waals surface area contributed by atoms with Crippen LogP contribution in [0, 0.1) is 13.8 Å². The van der Waals surface area contributed by atoms with E-state index < -0.39 is 0 Å². The van der Waals surface area contributed by atoms with Crippen LogP contribution in [0.25, 0.3) is 0 Å². The summed E-state index contributed by atoms with van der Waals surface area (Å²) in [6.45, 7) is 5.97. The third-order valence-corrected chi connectivity index (χ3v) is 4.35. The number of ether oxygens (including phenoxy) is 1. The molecule has 0 bridgehead atoms. The maximum atomic E-state index is 12.6. The lowest BCUT2D eigenvalue weighted by Crippen LogP contribution is -2.27. The van der Waals surface area contributed by atoms with Gasteiger partial charge in [0.05, 0.1) is 17.8 Å². The molecule has 0 radical (unpaired) electrons. The zero-order valence-corrected chi connectivity index (χ0v) is 14.9. The largest absolute Gasteiger partial charge is 0.495 e. The van der Waals surface area contributed by atoms with Gasteiger partial charge in [0.15, 0.2) is 0 Å². The van der Waals surface area contributed by atoms with E-state index >= 15 is 0 Å². The predicted molar refractivity (Wildman–Crippen MR) is 92.5 cm³/mol. The number of H-pyrrole nitrogens is 1. The Morgan fingerprint density at radius 1 is 1.43 bits per heavy atom. The summed E-state index contributed by atoms with van der Waals surface area (Å²) in [6.07, 6.45) is 0.404. The minimum Gasteiger partial charge on any atom is -0.495 e. The molecule has 1 heterocycles. The van der Waals surface area contributed by atoms with Crippen molar-refractivity contribution < 1.29 is 9.53 Å². The average Bonchev–Trinajstić information content (AvgIpc) is 2.85. The number of carbonyl (C=O) groups excluding carboxylic acids is 1. The Kier molecular flexibility index (Phi) is 5.31.